The Morgan fingerprint density at radius 3 is 1.70 bits per heavy atom. The first-order valence-electron chi connectivity index (χ1n) is 6.59. The van der Waals surface area contributed by atoms with Gasteiger partial charge in [0, 0.05) is 5.56 Å². The molecule has 0 atom stereocenters. The van der Waals surface area contributed by atoms with Crippen LogP contribution in [0.1, 0.15) is 11.1 Å². The van der Waals surface area contributed by atoms with Gasteiger partial charge in [-0.05, 0) is 5.56 Å². The normalized spacial score (nSPS) is 10.9. The first-order valence-corrected chi connectivity index (χ1v) is 6.59. The lowest BCUT2D eigenvalue weighted by molar-refractivity contribution is -0.941. The molecule has 0 aliphatic carbocycles. The molecule has 0 saturated heterocycles. The van der Waals surface area contributed by atoms with Gasteiger partial charge in [0.2, 0.25) is 0 Å². The monoisotopic (exact) mass is 301 g/mol. The van der Waals surface area contributed by atoms with Crippen LogP contribution in [0.5, 0.6) is 0 Å². The van der Waals surface area contributed by atoms with Crippen LogP contribution in [-0.2, 0) is 6.54 Å². The fraction of sp³-hybridized carbons (Fsp3) is 0.467. The van der Waals surface area contributed by atoms with Crippen LogP contribution in [0.2, 0.25) is 0 Å². The predicted octanol–water partition coefficient (Wildman–Crippen LogP) is -2.37. The van der Waals surface area contributed by atoms with Crippen molar-refractivity contribution in [1.82, 2.24) is 0 Å². The standard InChI is InChI=1S/C15H24NO3.ClH/c1-2-14-3-5-15(6-4-14)13-16(7-10-17,8-11-18)9-12-19;/h2-6,17-19H,1,7-13H2;1H/q+1;/p-1. The van der Waals surface area contributed by atoms with E-state index in [9.17, 15) is 15.3 Å². The number of aliphatic hydroxyl groups is 3. The van der Waals surface area contributed by atoms with Gasteiger partial charge >= 0.3 is 0 Å². The van der Waals surface area contributed by atoms with E-state index in [-0.39, 0.29) is 32.2 Å². The van der Waals surface area contributed by atoms with Crippen LogP contribution in [0.4, 0.5) is 0 Å². The third kappa shape index (κ3) is 5.61. The topological polar surface area (TPSA) is 60.7 Å². The Bertz CT molecular complexity index is 364. The molecular weight excluding hydrogens is 278 g/mol. The SMILES string of the molecule is C=Cc1ccc(C[N+](CCO)(CCO)CCO)cc1.[Cl-]. The van der Waals surface area contributed by atoms with E-state index in [2.05, 4.69) is 6.58 Å². The Labute approximate surface area is 127 Å². The summed E-state index contributed by atoms with van der Waals surface area (Å²) in [4.78, 5) is 0. The van der Waals surface area contributed by atoms with E-state index in [0.29, 0.717) is 30.7 Å². The van der Waals surface area contributed by atoms with Crippen molar-refractivity contribution >= 4 is 6.08 Å². The van der Waals surface area contributed by atoms with Gasteiger partial charge in [-0.3, -0.25) is 0 Å². The summed E-state index contributed by atoms with van der Waals surface area (Å²) in [6, 6.07) is 8.04. The summed E-state index contributed by atoms with van der Waals surface area (Å²) >= 11 is 0. The molecule has 0 heterocycles. The molecule has 0 bridgehead atoms. The molecule has 0 unspecified atom stereocenters. The van der Waals surface area contributed by atoms with Crippen molar-refractivity contribution in [3.8, 4) is 0 Å². The smallest absolute Gasteiger partial charge is 0.105 e. The Kier molecular flexibility index (Phi) is 9.46. The molecule has 0 aliphatic heterocycles. The average molecular weight is 302 g/mol. The third-order valence-electron chi connectivity index (χ3n) is 3.46. The van der Waals surface area contributed by atoms with Crippen LogP contribution >= 0.6 is 0 Å². The summed E-state index contributed by atoms with van der Waals surface area (Å²) in [6.07, 6.45) is 1.79. The maximum atomic E-state index is 9.22. The van der Waals surface area contributed by atoms with Gasteiger partial charge in [-0.1, -0.05) is 36.9 Å². The minimum Gasteiger partial charge on any atom is -1.00 e. The molecule has 0 spiro atoms. The lowest BCUT2D eigenvalue weighted by Gasteiger charge is -2.37. The second-order valence-electron chi connectivity index (χ2n) is 4.79. The highest BCUT2D eigenvalue weighted by atomic mass is 35.5. The second kappa shape index (κ2) is 9.91. The zero-order chi connectivity index (χ0) is 14.1. The van der Waals surface area contributed by atoms with Gasteiger partial charge in [0.05, 0.1) is 19.8 Å². The molecule has 0 aliphatic rings. The lowest BCUT2D eigenvalue weighted by atomic mass is 10.1. The molecule has 5 heteroatoms. The van der Waals surface area contributed by atoms with Crippen LogP contribution in [0, 0.1) is 0 Å². The van der Waals surface area contributed by atoms with E-state index < -0.39 is 0 Å². The largest absolute Gasteiger partial charge is 1.00 e. The van der Waals surface area contributed by atoms with Gasteiger partial charge in [-0.15, -0.1) is 0 Å². The maximum Gasteiger partial charge on any atom is 0.105 e. The van der Waals surface area contributed by atoms with Crippen molar-refractivity contribution < 1.29 is 32.2 Å². The average Bonchev–Trinajstić information content (AvgIpc) is 2.40. The zero-order valence-electron chi connectivity index (χ0n) is 11.7. The van der Waals surface area contributed by atoms with E-state index in [4.69, 9.17) is 0 Å². The number of rotatable bonds is 9. The number of quaternary nitrogens is 1. The Morgan fingerprint density at radius 2 is 1.35 bits per heavy atom. The van der Waals surface area contributed by atoms with Gasteiger partial charge in [0.25, 0.3) is 0 Å². The third-order valence-corrected chi connectivity index (χ3v) is 3.46. The first kappa shape index (κ1) is 19.1. The summed E-state index contributed by atoms with van der Waals surface area (Å²) in [6.45, 7) is 6.15. The lowest BCUT2D eigenvalue weighted by Crippen LogP contribution is -3.00. The number of aliphatic hydroxyl groups excluding tert-OH is 3. The number of benzene rings is 1. The fourth-order valence-corrected chi connectivity index (χ4v) is 2.36. The highest BCUT2D eigenvalue weighted by Gasteiger charge is 2.26. The summed E-state index contributed by atoms with van der Waals surface area (Å²) in [5, 5.41) is 27.7. The van der Waals surface area contributed by atoms with Crippen molar-refractivity contribution in [3.05, 3.63) is 42.0 Å². The highest BCUT2D eigenvalue weighted by molar-refractivity contribution is 5.47. The van der Waals surface area contributed by atoms with E-state index in [1.54, 1.807) is 6.08 Å². The number of hydrogen-bond acceptors (Lipinski definition) is 3. The Hall–Kier alpha value is -0.910. The fourth-order valence-electron chi connectivity index (χ4n) is 2.36. The molecule has 1 aromatic carbocycles. The van der Waals surface area contributed by atoms with Gasteiger partial charge in [0.1, 0.15) is 26.2 Å². The molecule has 0 amide bonds. The van der Waals surface area contributed by atoms with Crippen LogP contribution in [0.3, 0.4) is 0 Å². The van der Waals surface area contributed by atoms with E-state index in [1.165, 1.54) is 0 Å². The number of nitrogens with zero attached hydrogens (tertiary/aromatic N) is 1. The van der Waals surface area contributed by atoms with Crippen molar-refractivity contribution in [2.75, 3.05) is 39.5 Å². The zero-order valence-corrected chi connectivity index (χ0v) is 12.5. The quantitative estimate of drug-likeness (QED) is 0.447. The first-order chi connectivity index (χ1) is 9.19. The van der Waals surface area contributed by atoms with Gasteiger partial charge in [0.15, 0.2) is 0 Å². The molecule has 0 radical (unpaired) electrons. The van der Waals surface area contributed by atoms with Crippen LogP contribution in [0.25, 0.3) is 6.08 Å². The molecule has 3 N–H and O–H groups in total. The summed E-state index contributed by atoms with van der Waals surface area (Å²) in [5.74, 6) is 0. The van der Waals surface area contributed by atoms with Crippen LogP contribution in [-0.4, -0.2) is 59.3 Å². The van der Waals surface area contributed by atoms with E-state index >= 15 is 0 Å². The molecule has 1 rings (SSSR count). The Balaban J connectivity index is 0.00000361. The summed E-state index contributed by atoms with van der Waals surface area (Å²) < 4.78 is 0.497. The van der Waals surface area contributed by atoms with Gasteiger partial charge < -0.3 is 32.2 Å². The molecule has 0 fully saturated rings. The van der Waals surface area contributed by atoms with Crippen LogP contribution < -0.4 is 12.4 Å². The maximum absolute atomic E-state index is 9.22. The van der Waals surface area contributed by atoms with E-state index in [1.807, 2.05) is 24.3 Å². The highest BCUT2D eigenvalue weighted by Crippen LogP contribution is 2.15. The van der Waals surface area contributed by atoms with Crippen molar-refractivity contribution in [2.45, 2.75) is 6.54 Å². The Morgan fingerprint density at radius 1 is 0.900 bits per heavy atom. The minimum atomic E-state index is 0. The molecular formula is C15H24ClNO3. The molecule has 114 valence electrons. The second-order valence-corrected chi connectivity index (χ2v) is 4.79. The minimum absolute atomic E-state index is 0. The molecule has 20 heavy (non-hydrogen) atoms. The van der Waals surface area contributed by atoms with Crippen LogP contribution in [0.15, 0.2) is 30.8 Å². The van der Waals surface area contributed by atoms with Gasteiger partial charge in [-0.25, -0.2) is 0 Å². The van der Waals surface area contributed by atoms with Crippen molar-refractivity contribution in [2.24, 2.45) is 0 Å². The summed E-state index contributed by atoms with van der Waals surface area (Å²) in [5.41, 5.74) is 2.19. The van der Waals surface area contributed by atoms with Crippen molar-refractivity contribution in [1.29, 1.82) is 0 Å². The summed E-state index contributed by atoms with van der Waals surface area (Å²) in [7, 11) is 0. The molecule has 0 saturated carbocycles. The van der Waals surface area contributed by atoms with Crippen molar-refractivity contribution in [3.63, 3.8) is 0 Å². The predicted molar refractivity (Wildman–Crippen MR) is 76.4 cm³/mol. The molecule has 4 nitrogen and oxygen atoms in total. The van der Waals surface area contributed by atoms with Gasteiger partial charge in [-0.2, -0.15) is 0 Å². The number of hydrogen-bond donors (Lipinski definition) is 3. The number of halogens is 1. The molecule has 0 aromatic heterocycles. The molecule has 1 aromatic rings. The van der Waals surface area contributed by atoms with E-state index in [0.717, 1.165) is 11.1 Å².